The van der Waals surface area contributed by atoms with E-state index < -0.39 is 12.2 Å². The first-order chi connectivity index (χ1) is 13.4. The maximum Gasteiger partial charge on any atom is 0.240 e. The standard InChI is InChI=1S/C19H30FN5O3/c1-25-18(26)5-3-16(24-25)19(27)23-17-4-2-15(10-22-17)28-11-13-6-12(9-21)7-14(20)8-13/h12-17,22,24H,2-8,10-11H2,1H3,(H,23,27). The monoisotopic (exact) mass is 395 g/mol. The van der Waals surface area contributed by atoms with E-state index in [9.17, 15) is 14.0 Å². The molecule has 6 atom stereocenters. The second-order valence-corrected chi connectivity index (χ2v) is 8.17. The van der Waals surface area contributed by atoms with Gasteiger partial charge in [0.05, 0.1) is 18.3 Å². The zero-order chi connectivity index (χ0) is 20.1. The topological polar surface area (TPSA) is 106 Å². The van der Waals surface area contributed by atoms with E-state index in [0.717, 1.165) is 12.8 Å². The molecule has 3 N–H and O–H groups in total. The Hall–Kier alpha value is -1.76. The van der Waals surface area contributed by atoms with E-state index in [1.54, 1.807) is 7.05 Å². The molecule has 2 aliphatic heterocycles. The molecule has 9 heteroatoms. The number of nitrogens with one attached hydrogen (secondary N) is 3. The highest BCUT2D eigenvalue weighted by atomic mass is 19.1. The molecule has 3 rings (SSSR count). The Labute approximate surface area is 165 Å². The second kappa shape index (κ2) is 9.63. The average molecular weight is 395 g/mol. The molecular formula is C19H30FN5O3. The number of ether oxygens (including phenoxy) is 1. The number of hydrazine groups is 1. The van der Waals surface area contributed by atoms with Crippen molar-refractivity contribution >= 4 is 11.8 Å². The molecule has 156 valence electrons. The zero-order valence-electron chi connectivity index (χ0n) is 16.3. The van der Waals surface area contributed by atoms with Gasteiger partial charge in [-0.15, -0.1) is 0 Å². The van der Waals surface area contributed by atoms with Gasteiger partial charge in [0.2, 0.25) is 11.8 Å². The van der Waals surface area contributed by atoms with Gasteiger partial charge in [0.15, 0.2) is 0 Å². The van der Waals surface area contributed by atoms with Crippen LogP contribution in [-0.2, 0) is 14.3 Å². The van der Waals surface area contributed by atoms with Crippen molar-refractivity contribution in [1.29, 1.82) is 5.26 Å². The van der Waals surface area contributed by atoms with Crippen LogP contribution < -0.4 is 16.1 Å². The Morgan fingerprint density at radius 3 is 2.86 bits per heavy atom. The van der Waals surface area contributed by atoms with Gasteiger partial charge in [0, 0.05) is 32.5 Å². The van der Waals surface area contributed by atoms with E-state index in [4.69, 9.17) is 10.00 Å². The number of hydrogen-bond donors (Lipinski definition) is 3. The molecule has 8 nitrogen and oxygen atoms in total. The van der Waals surface area contributed by atoms with Gasteiger partial charge in [-0.3, -0.25) is 19.9 Å². The molecule has 1 aliphatic carbocycles. The van der Waals surface area contributed by atoms with Crippen LogP contribution in [0.3, 0.4) is 0 Å². The van der Waals surface area contributed by atoms with Gasteiger partial charge in [-0.2, -0.15) is 5.26 Å². The lowest BCUT2D eigenvalue weighted by Gasteiger charge is -2.35. The van der Waals surface area contributed by atoms with Crippen molar-refractivity contribution in [3.05, 3.63) is 0 Å². The van der Waals surface area contributed by atoms with Crippen LogP contribution in [0.15, 0.2) is 0 Å². The van der Waals surface area contributed by atoms with Gasteiger partial charge in [-0.25, -0.2) is 9.82 Å². The highest BCUT2D eigenvalue weighted by Crippen LogP contribution is 2.31. The first-order valence-corrected chi connectivity index (χ1v) is 10.2. The molecule has 0 radical (unpaired) electrons. The highest BCUT2D eigenvalue weighted by molar-refractivity contribution is 5.85. The molecule has 0 aromatic carbocycles. The first-order valence-electron chi connectivity index (χ1n) is 10.2. The Kier molecular flexibility index (Phi) is 7.21. The van der Waals surface area contributed by atoms with E-state index in [0.29, 0.717) is 45.3 Å². The number of carbonyl (C=O) groups excluding carboxylic acids is 2. The van der Waals surface area contributed by atoms with Crippen molar-refractivity contribution in [3.63, 3.8) is 0 Å². The van der Waals surface area contributed by atoms with Gasteiger partial charge >= 0.3 is 0 Å². The molecule has 0 aromatic heterocycles. The van der Waals surface area contributed by atoms with Crippen molar-refractivity contribution in [2.75, 3.05) is 20.2 Å². The molecule has 28 heavy (non-hydrogen) atoms. The van der Waals surface area contributed by atoms with Gasteiger partial charge in [-0.05, 0) is 44.4 Å². The molecule has 0 spiro atoms. The number of halogens is 1. The third-order valence-corrected chi connectivity index (χ3v) is 5.87. The summed E-state index contributed by atoms with van der Waals surface area (Å²) >= 11 is 0. The Morgan fingerprint density at radius 1 is 1.36 bits per heavy atom. The summed E-state index contributed by atoms with van der Waals surface area (Å²) in [4.78, 5) is 23.9. The maximum absolute atomic E-state index is 13.7. The minimum atomic E-state index is -0.904. The molecule has 3 fully saturated rings. The van der Waals surface area contributed by atoms with Crippen molar-refractivity contribution in [2.45, 2.75) is 69.4 Å². The van der Waals surface area contributed by atoms with Crippen LogP contribution in [0.5, 0.6) is 0 Å². The third kappa shape index (κ3) is 5.63. The lowest BCUT2D eigenvalue weighted by atomic mass is 9.81. The summed E-state index contributed by atoms with van der Waals surface area (Å²) in [6.45, 7) is 1.10. The van der Waals surface area contributed by atoms with E-state index in [2.05, 4.69) is 22.1 Å². The number of alkyl halides is 1. The lowest BCUT2D eigenvalue weighted by molar-refractivity contribution is -0.140. The molecular weight excluding hydrogens is 365 g/mol. The fourth-order valence-corrected chi connectivity index (χ4v) is 4.24. The predicted octanol–water partition coefficient (Wildman–Crippen LogP) is 0.601. The van der Waals surface area contributed by atoms with Gasteiger partial charge in [0.25, 0.3) is 0 Å². The van der Waals surface area contributed by atoms with Gasteiger partial charge in [-0.1, -0.05) is 0 Å². The quantitative estimate of drug-likeness (QED) is 0.629. The number of hydrogen-bond acceptors (Lipinski definition) is 6. The SMILES string of the molecule is CN1NC(C(=O)NC2CCC(OCC3CC(F)CC(C#N)C3)CN2)CCC1=O. The van der Waals surface area contributed by atoms with Crippen LogP contribution in [-0.4, -0.2) is 61.5 Å². The van der Waals surface area contributed by atoms with Crippen molar-refractivity contribution < 1.29 is 18.7 Å². The van der Waals surface area contributed by atoms with Crippen LogP contribution >= 0.6 is 0 Å². The van der Waals surface area contributed by atoms with E-state index in [-0.39, 0.29) is 35.9 Å². The summed E-state index contributed by atoms with van der Waals surface area (Å²) in [6.07, 6.45) is 2.95. The highest BCUT2D eigenvalue weighted by Gasteiger charge is 2.32. The second-order valence-electron chi connectivity index (χ2n) is 8.17. The fraction of sp³-hybridized carbons (Fsp3) is 0.842. The number of carbonyl (C=O) groups is 2. The minimum Gasteiger partial charge on any atom is -0.377 e. The minimum absolute atomic E-state index is 0.0158. The number of rotatable bonds is 5. The van der Waals surface area contributed by atoms with Crippen molar-refractivity contribution in [1.82, 2.24) is 21.1 Å². The largest absolute Gasteiger partial charge is 0.377 e. The molecule has 3 aliphatic rings. The van der Waals surface area contributed by atoms with Gasteiger partial charge < -0.3 is 10.1 Å². The molecule has 2 saturated heterocycles. The fourth-order valence-electron chi connectivity index (χ4n) is 4.24. The third-order valence-electron chi connectivity index (χ3n) is 5.87. The van der Waals surface area contributed by atoms with Crippen LogP contribution in [0, 0.1) is 23.2 Å². The zero-order valence-corrected chi connectivity index (χ0v) is 16.3. The van der Waals surface area contributed by atoms with E-state index in [1.165, 1.54) is 5.01 Å². The number of nitrogens with zero attached hydrogens (tertiary/aromatic N) is 2. The van der Waals surface area contributed by atoms with E-state index >= 15 is 0 Å². The molecule has 0 aromatic rings. The predicted molar refractivity (Wildman–Crippen MR) is 99.2 cm³/mol. The van der Waals surface area contributed by atoms with Crippen LogP contribution in [0.2, 0.25) is 0 Å². The van der Waals surface area contributed by atoms with Crippen molar-refractivity contribution in [2.24, 2.45) is 11.8 Å². The van der Waals surface area contributed by atoms with Crippen LogP contribution in [0.25, 0.3) is 0 Å². The summed E-state index contributed by atoms with van der Waals surface area (Å²) in [6, 6.07) is 1.79. The summed E-state index contributed by atoms with van der Waals surface area (Å²) in [5, 5.41) is 16.7. The number of piperidine rings is 1. The average Bonchev–Trinajstić information content (AvgIpc) is 2.69. The van der Waals surface area contributed by atoms with Gasteiger partial charge in [0.1, 0.15) is 12.2 Å². The summed E-state index contributed by atoms with van der Waals surface area (Å²) in [7, 11) is 1.62. The summed E-state index contributed by atoms with van der Waals surface area (Å²) < 4.78 is 19.7. The molecule has 1 saturated carbocycles. The van der Waals surface area contributed by atoms with Crippen LogP contribution in [0.1, 0.15) is 44.9 Å². The summed E-state index contributed by atoms with van der Waals surface area (Å²) in [5.41, 5.74) is 2.90. The molecule has 6 unspecified atom stereocenters. The first kappa shape index (κ1) is 21.0. The van der Waals surface area contributed by atoms with Crippen molar-refractivity contribution in [3.8, 4) is 6.07 Å². The number of amides is 2. The van der Waals surface area contributed by atoms with Crippen LogP contribution in [0.4, 0.5) is 4.39 Å². The lowest BCUT2D eigenvalue weighted by Crippen LogP contribution is -2.60. The smallest absolute Gasteiger partial charge is 0.240 e. The number of nitriles is 1. The maximum atomic E-state index is 13.7. The molecule has 2 heterocycles. The summed E-state index contributed by atoms with van der Waals surface area (Å²) in [5.74, 6) is -0.236. The normalized spacial score (nSPS) is 36.6. The van der Waals surface area contributed by atoms with E-state index in [1.807, 2.05) is 0 Å². The molecule has 0 bridgehead atoms. The molecule has 2 amide bonds. The Balaban J connectivity index is 1.35. The Morgan fingerprint density at radius 2 is 2.18 bits per heavy atom. The Bertz CT molecular complexity index is 605.